The van der Waals surface area contributed by atoms with Crippen molar-refractivity contribution < 1.29 is 43.1 Å². The Hall–Kier alpha value is -3.13. The molecule has 0 amide bonds. The predicted octanol–water partition coefficient (Wildman–Crippen LogP) is 8.68. The van der Waals surface area contributed by atoms with Crippen molar-refractivity contribution in [1.29, 1.82) is 0 Å². The molecule has 3 aromatic carbocycles. The van der Waals surface area contributed by atoms with E-state index in [1.165, 1.54) is 21.1 Å². The van der Waals surface area contributed by atoms with Crippen molar-refractivity contribution in [2.75, 3.05) is 34.5 Å². The smallest absolute Gasteiger partial charge is 0.337 e. The third kappa shape index (κ3) is 13.8. The molecule has 10 heteroatoms. The lowest BCUT2D eigenvalue weighted by Gasteiger charge is -2.38. The summed E-state index contributed by atoms with van der Waals surface area (Å²) < 4.78 is 37.7. The van der Waals surface area contributed by atoms with Crippen molar-refractivity contribution in [2.24, 2.45) is 17.8 Å². The van der Waals surface area contributed by atoms with Crippen molar-refractivity contribution >= 4 is 34.5 Å². The van der Waals surface area contributed by atoms with Crippen molar-refractivity contribution in [3.63, 3.8) is 0 Å². The molecule has 0 unspecified atom stereocenters. The highest BCUT2D eigenvalue weighted by Crippen LogP contribution is 2.41. The Bertz CT molecular complexity index is 1440. The van der Waals surface area contributed by atoms with Crippen molar-refractivity contribution in [3.8, 4) is 0 Å². The van der Waals surface area contributed by atoms with Crippen LogP contribution in [0.1, 0.15) is 76.5 Å². The molecule has 0 fully saturated rings. The highest BCUT2D eigenvalue weighted by molar-refractivity contribution is 14.1. The van der Waals surface area contributed by atoms with Gasteiger partial charge in [-0.3, -0.25) is 4.79 Å². The lowest BCUT2D eigenvalue weighted by atomic mass is 9.80. The zero-order chi connectivity index (χ0) is 40.2. The van der Waals surface area contributed by atoms with Crippen LogP contribution in [0, 0.1) is 17.8 Å². The quantitative estimate of drug-likeness (QED) is 0.0508. The minimum Gasteiger partial charge on any atom is -0.462 e. The second-order valence-corrected chi connectivity index (χ2v) is 15.0. The van der Waals surface area contributed by atoms with E-state index < -0.39 is 47.9 Å². The maximum absolute atomic E-state index is 13.4. The van der Waals surface area contributed by atoms with Crippen LogP contribution < -0.4 is 0 Å². The molecule has 0 bridgehead atoms. The van der Waals surface area contributed by atoms with Crippen LogP contribution in [0.4, 0.5) is 0 Å². The predicted molar refractivity (Wildman–Crippen MR) is 224 cm³/mol. The number of carbonyl (C=O) groups is 2. The molecule has 0 saturated heterocycles. The largest absolute Gasteiger partial charge is 0.462 e. The third-order valence-corrected chi connectivity index (χ3v) is 10.9. The van der Waals surface area contributed by atoms with Gasteiger partial charge < -0.3 is 33.5 Å². The molecule has 0 saturated carbocycles. The average molecular weight is 873 g/mol. The second-order valence-electron chi connectivity index (χ2n) is 14.3. The zero-order valence-electron chi connectivity index (χ0n) is 33.5. The number of hydrogen-bond acceptors (Lipinski definition) is 9. The van der Waals surface area contributed by atoms with E-state index in [9.17, 15) is 14.7 Å². The molecule has 8 atom stereocenters. The molecule has 3 aromatic rings. The molecule has 0 aromatic heterocycles. The number of aliphatic hydroxyl groups is 1. The highest BCUT2D eigenvalue weighted by Gasteiger charge is 2.40. The summed E-state index contributed by atoms with van der Waals surface area (Å²) in [5, 5.41) is 10.6. The molecule has 0 radical (unpaired) electrons. The van der Waals surface area contributed by atoms with Crippen LogP contribution in [0.3, 0.4) is 0 Å². The Balaban J connectivity index is 1.90. The van der Waals surface area contributed by atoms with Gasteiger partial charge >= 0.3 is 11.9 Å². The van der Waals surface area contributed by atoms with Gasteiger partial charge in [-0.2, -0.15) is 0 Å². The van der Waals surface area contributed by atoms with Gasteiger partial charge in [0.2, 0.25) is 0 Å². The summed E-state index contributed by atoms with van der Waals surface area (Å²) in [5.74, 6) is -1.50. The first kappa shape index (κ1) is 46.3. The topological polar surface area (TPSA) is 110 Å². The fraction of sp³-hybridized carbons (Fsp3) is 0.511. The van der Waals surface area contributed by atoms with E-state index in [-0.39, 0.29) is 24.5 Å². The van der Waals surface area contributed by atoms with Gasteiger partial charge in [0, 0.05) is 47.2 Å². The monoisotopic (exact) mass is 872 g/mol. The number of carbonyl (C=O) groups excluding carboxylic acids is 2. The van der Waals surface area contributed by atoms with Crippen LogP contribution in [0.25, 0.3) is 0 Å². The van der Waals surface area contributed by atoms with E-state index in [4.69, 9.17) is 28.4 Å². The van der Waals surface area contributed by atoms with Crippen LogP contribution in [0.15, 0.2) is 101 Å². The molecule has 0 aliphatic carbocycles. The molecule has 9 nitrogen and oxygen atoms in total. The standard InChI is InChI=1S/C45H61IO9/c1-32(41(51-6)30-39(48)24-17-28-46)25-26-40(55-44(49)42(52-7)31-50-5)34(3)43(54-35(4)47)33(2)27-29-53-45(36-18-11-8-12-19-36,37-20-13-9-14-21-37)38-22-15-10-16-23-38/h8-23,28,32-34,39-43,48H,24-27,29-31H2,1-7H3/b28-17+/t32-,33+,34-,39-,40+,41-,42+,43+/m0/s1. The summed E-state index contributed by atoms with van der Waals surface area (Å²) in [5.41, 5.74) is 2.10. The summed E-state index contributed by atoms with van der Waals surface area (Å²) in [7, 11) is 4.59. The number of ether oxygens (including phenoxy) is 6. The Kier molecular flexibility index (Phi) is 20.6. The van der Waals surface area contributed by atoms with Gasteiger partial charge in [-0.25, -0.2) is 4.79 Å². The van der Waals surface area contributed by atoms with Gasteiger partial charge in [0.15, 0.2) is 6.10 Å². The summed E-state index contributed by atoms with van der Waals surface area (Å²) in [6.07, 6.45) is 1.72. The summed E-state index contributed by atoms with van der Waals surface area (Å²) in [6.45, 7) is 7.86. The van der Waals surface area contributed by atoms with E-state index in [0.717, 1.165) is 16.7 Å². The van der Waals surface area contributed by atoms with Crippen LogP contribution >= 0.6 is 22.6 Å². The maximum atomic E-state index is 13.4. The summed E-state index contributed by atoms with van der Waals surface area (Å²) in [4.78, 5) is 26.1. The highest BCUT2D eigenvalue weighted by atomic mass is 127. The fourth-order valence-corrected chi connectivity index (χ4v) is 7.55. The Morgan fingerprint density at radius 3 is 1.75 bits per heavy atom. The molecule has 0 spiro atoms. The van der Waals surface area contributed by atoms with Gasteiger partial charge in [0.25, 0.3) is 0 Å². The van der Waals surface area contributed by atoms with E-state index in [0.29, 0.717) is 38.7 Å². The minimum atomic E-state index is -0.912. The number of aliphatic hydroxyl groups excluding tert-OH is 1. The molecule has 3 rings (SSSR count). The molecule has 55 heavy (non-hydrogen) atoms. The van der Waals surface area contributed by atoms with Crippen molar-refractivity contribution in [1.82, 2.24) is 0 Å². The Morgan fingerprint density at radius 2 is 1.29 bits per heavy atom. The van der Waals surface area contributed by atoms with Crippen LogP contribution in [-0.4, -0.2) is 82.1 Å². The molecule has 1 N–H and O–H groups in total. The first-order valence-corrected chi connectivity index (χ1v) is 20.4. The summed E-state index contributed by atoms with van der Waals surface area (Å²) >= 11 is 2.14. The SMILES string of the molecule is COC[C@@H](OC)C(=O)O[C@H](CC[C@H](C)[C@H](C[C@@H](O)C/C=C/I)OC)[C@H](C)[C@H](OC(C)=O)[C@H](C)CCOC(c1ccccc1)(c1ccccc1)c1ccccc1. The summed E-state index contributed by atoms with van der Waals surface area (Å²) in [6, 6.07) is 30.6. The van der Waals surface area contributed by atoms with Crippen molar-refractivity contribution in [2.45, 2.75) is 95.9 Å². The number of esters is 2. The number of halogens is 1. The number of methoxy groups -OCH3 is 3. The molecule has 0 heterocycles. The average Bonchev–Trinajstić information content (AvgIpc) is 3.20. The number of rotatable bonds is 25. The van der Waals surface area contributed by atoms with E-state index in [1.807, 2.05) is 78.6 Å². The van der Waals surface area contributed by atoms with Gasteiger partial charge in [-0.1, -0.05) is 140 Å². The maximum Gasteiger partial charge on any atom is 0.337 e. The van der Waals surface area contributed by atoms with Crippen LogP contribution in [0.5, 0.6) is 0 Å². The molecule has 0 aliphatic heterocycles. The normalized spacial score (nSPS) is 16.4. The van der Waals surface area contributed by atoms with Crippen molar-refractivity contribution in [3.05, 3.63) is 118 Å². The lowest BCUT2D eigenvalue weighted by molar-refractivity contribution is -0.174. The second kappa shape index (κ2) is 24.5. The number of hydrogen-bond donors (Lipinski definition) is 1. The van der Waals surface area contributed by atoms with Gasteiger partial charge in [-0.05, 0) is 58.3 Å². The number of benzene rings is 3. The third-order valence-electron chi connectivity index (χ3n) is 10.4. The first-order chi connectivity index (χ1) is 26.5. The zero-order valence-corrected chi connectivity index (χ0v) is 35.6. The Labute approximate surface area is 342 Å². The van der Waals surface area contributed by atoms with Crippen LogP contribution in [0.2, 0.25) is 0 Å². The van der Waals surface area contributed by atoms with Gasteiger partial charge in [0.1, 0.15) is 17.8 Å². The Morgan fingerprint density at radius 1 is 0.745 bits per heavy atom. The van der Waals surface area contributed by atoms with Gasteiger partial charge in [0.05, 0.1) is 18.8 Å². The van der Waals surface area contributed by atoms with E-state index in [2.05, 4.69) is 65.9 Å². The first-order valence-electron chi connectivity index (χ1n) is 19.2. The lowest BCUT2D eigenvalue weighted by Crippen LogP contribution is -2.43. The van der Waals surface area contributed by atoms with E-state index in [1.54, 1.807) is 7.11 Å². The molecular weight excluding hydrogens is 811 g/mol. The molecule has 302 valence electrons. The molecular formula is C45H61IO9. The minimum absolute atomic E-state index is 0.0360. The van der Waals surface area contributed by atoms with Crippen LogP contribution in [-0.2, 0) is 43.6 Å². The molecule has 0 aliphatic rings. The van der Waals surface area contributed by atoms with Gasteiger partial charge in [-0.15, -0.1) is 0 Å². The fourth-order valence-electron chi connectivity index (χ4n) is 7.26. The van der Waals surface area contributed by atoms with E-state index >= 15 is 0 Å².